The summed E-state index contributed by atoms with van der Waals surface area (Å²) < 4.78 is 0. The van der Waals surface area contributed by atoms with Gasteiger partial charge in [-0.15, -0.1) is 12.4 Å². The van der Waals surface area contributed by atoms with Crippen LogP contribution in [-0.2, 0) is 5.41 Å². The van der Waals surface area contributed by atoms with Crippen molar-refractivity contribution in [3.05, 3.63) is 34.9 Å². The summed E-state index contributed by atoms with van der Waals surface area (Å²) in [5.41, 5.74) is 8.03. The van der Waals surface area contributed by atoms with E-state index < -0.39 is 0 Å². The summed E-state index contributed by atoms with van der Waals surface area (Å²) in [6, 6.07) is 8.55. The molecule has 0 amide bonds. The van der Waals surface area contributed by atoms with Crippen molar-refractivity contribution in [1.29, 1.82) is 0 Å². The quantitative estimate of drug-likeness (QED) is 0.860. The minimum absolute atomic E-state index is 0. The Hall–Kier alpha value is -0.240. The van der Waals surface area contributed by atoms with Gasteiger partial charge in [-0.25, -0.2) is 0 Å². The Balaban J connectivity index is 0.00000121. The SMILES string of the molecule is Cl.NCC1(c2ccc(Cl)cc2)C2CC3CC(C2)CC1C3. The van der Waals surface area contributed by atoms with Gasteiger partial charge in [-0.2, -0.15) is 0 Å². The second kappa shape index (κ2) is 5.19. The normalized spacial score (nSPS) is 41.5. The Morgan fingerprint density at radius 3 is 1.90 bits per heavy atom. The largest absolute Gasteiger partial charge is 0.330 e. The van der Waals surface area contributed by atoms with Gasteiger partial charge in [-0.1, -0.05) is 23.7 Å². The molecule has 1 aromatic rings. The average Bonchev–Trinajstić information content (AvgIpc) is 2.40. The fourth-order valence-electron chi connectivity index (χ4n) is 5.71. The monoisotopic (exact) mass is 311 g/mol. The maximum Gasteiger partial charge on any atom is 0.0406 e. The molecular weight excluding hydrogens is 289 g/mol. The van der Waals surface area contributed by atoms with Crippen LogP contribution in [0, 0.1) is 23.7 Å². The van der Waals surface area contributed by atoms with Crippen molar-refractivity contribution in [1.82, 2.24) is 0 Å². The lowest BCUT2D eigenvalue weighted by Crippen LogP contribution is -2.58. The molecule has 5 rings (SSSR count). The zero-order valence-electron chi connectivity index (χ0n) is 11.7. The van der Waals surface area contributed by atoms with E-state index in [1.165, 1.54) is 37.7 Å². The van der Waals surface area contributed by atoms with E-state index in [0.717, 1.165) is 35.2 Å². The molecule has 0 atom stereocenters. The smallest absolute Gasteiger partial charge is 0.0406 e. The van der Waals surface area contributed by atoms with Crippen LogP contribution in [0.4, 0.5) is 0 Å². The van der Waals surface area contributed by atoms with Crippen molar-refractivity contribution in [2.75, 3.05) is 6.54 Å². The van der Waals surface area contributed by atoms with E-state index in [0.29, 0.717) is 0 Å². The molecule has 2 N–H and O–H groups in total. The van der Waals surface area contributed by atoms with Gasteiger partial charge in [0.2, 0.25) is 0 Å². The predicted molar refractivity (Wildman–Crippen MR) is 86.5 cm³/mol. The Morgan fingerprint density at radius 2 is 1.45 bits per heavy atom. The highest BCUT2D eigenvalue weighted by Gasteiger charge is 2.56. The van der Waals surface area contributed by atoms with Gasteiger partial charge >= 0.3 is 0 Å². The lowest BCUT2D eigenvalue weighted by molar-refractivity contribution is -0.0567. The van der Waals surface area contributed by atoms with Gasteiger partial charge in [-0.3, -0.25) is 0 Å². The summed E-state index contributed by atoms with van der Waals surface area (Å²) in [4.78, 5) is 0. The van der Waals surface area contributed by atoms with Crippen LogP contribution in [0.1, 0.15) is 37.7 Å². The molecule has 0 saturated heterocycles. The van der Waals surface area contributed by atoms with Gasteiger partial charge < -0.3 is 5.73 Å². The summed E-state index contributed by atoms with van der Waals surface area (Å²) in [5, 5.41) is 0.833. The molecule has 1 nitrogen and oxygen atoms in total. The first kappa shape index (κ1) is 14.7. The van der Waals surface area contributed by atoms with E-state index in [-0.39, 0.29) is 17.8 Å². The Labute approximate surface area is 132 Å². The van der Waals surface area contributed by atoms with E-state index in [4.69, 9.17) is 17.3 Å². The van der Waals surface area contributed by atoms with Crippen LogP contribution in [0.5, 0.6) is 0 Å². The number of rotatable bonds is 2. The van der Waals surface area contributed by atoms with Crippen LogP contribution < -0.4 is 5.73 Å². The summed E-state index contributed by atoms with van der Waals surface area (Å²) in [5.74, 6) is 3.62. The number of nitrogens with two attached hydrogens (primary N) is 1. The average molecular weight is 312 g/mol. The third-order valence-electron chi connectivity index (χ3n) is 6.31. The van der Waals surface area contributed by atoms with Gasteiger partial charge in [0.05, 0.1) is 0 Å². The van der Waals surface area contributed by atoms with Crippen LogP contribution in [0.15, 0.2) is 24.3 Å². The molecule has 0 aromatic heterocycles. The Bertz CT molecular complexity index is 454. The molecule has 4 aliphatic rings. The fourth-order valence-corrected chi connectivity index (χ4v) is 5.83. The minimum Gasteiger partial charge on any atom is -0.330 e. The van der Waals surface area contributed by atoms with Crippen LogP contribution in [-0.4, -0.2) is 6.54 Å². The molecule has 0 spiro atoms. The third-order valence-corrected chi connectivity index (χ3v) is 6.57. The van der Waals surface area contributed by atoms with E-state index >= 15 is 0 Å². The summed E-state index contributed by atoms with van der Waals surface area (Å²) >= 11 is 6.06. The van der Waals surface area contributed by atoms with Gasteiger partial charge in [0.25, 0.3) is 0 Å². The molecule has 0 heterocycles. The lowest BCUT2D eigenvalue weighted by Gasteiger charge is -2.61. The third kappa shape index (κ3) is 1.94. The predicted octanol–water partition coefficient (Wildman–Crippen LogP) is 4.41. The Morgan fingerprint density at radius 1 is 0.950 bits per heavy atom. The van der Waals surface area contributed by atoms with Gasteiger partial charge in [0.15, 0.2) is 0 Å². The van der Waals surface area contributed by atoms with Crippen LogP contribution in [0.2, 0.25) is 5.02 Å². The molecule has 0 aliphatic heterocycles. The van der Waals surface area contributed by atoms with Crippen molar-refractivity contribution in [2.45, 2.75) is 37.5 Å². The standard InChI is InChI=1S/C17H22ClN.ClH/c18-16-3-1-13(2-4-16)17(10-19)14-6-11-5-12(8-14)9-15(17)7-11;/h1-4,11-12,14-15H,5-10,19H2;1H. The van der Waals surface area contributed by atoms with Crippen molar-refractivity contribution >= 4 is 24.0 Å². The maximum atomic E-state index is 6.33. The fraction of sp³-hybridized carbons (Fsp3) is 0.647. The first-order valence-corrected chi connectivity index (χ1v) is 8.06. The first-order valence-electron chi connectivity index (χ1n) is 7.68. The second-order valence-electron chi connectivity index (χ2n) is 7.06. The highest BCUT2D eigenvalue weighted by atomic mass is 35.5. The van der Waals surface area contributed by atoms with E-state index in [1.807, 2.05) is 12.1 Å². The highest BCUT2D eigenvalue weighted by molar-refractivity contribution is 6.30. The molecule has 4 bridgehead atoms. The molecule has 4 aliphatic carbocycles. The molecule has 3 heteroatoms. The van der Waals surface area contributed by atoms with Gasteiger partial charge in [0, 0.05) is 17.0 Å². The molecule has 20 heavy (non-hydrogen) atoms. The Kier molecular flexibility index (Phi) is 3.81. The van der Waals surface area contributed by atoms with Crippen LogP contribution >= 0.6 is 24.0 Å². The first-order chi connectivity index (χ1) is 9.22. The number of hydrogen-bond donors (Lipinski definition) is 1. The maximum absolute atomic E-state index is 6.33. The van der Waals surface area contributed by atoms with E-state index in [2.05, 4.69) is 12.1 Å². The minimum atomic E-state index is 0. The molecular formula is C17H23Cl2N. The summed E-state index contributed by atoms with van der Waals surface area (Å²) in [6.45, 7) is 0.809. The number of benzene rings is 1. The molecule has 0 radical (unpaired) electrons. The van der Waals surface area contributed by atoms with Crippen molar-refractivity contribution < 1.29 is 0 Å². The van der Waals surface area contributed by atoms with Crippen LogP contribution in [0.3, 0.4) is 0 Å². The number of hydrogen-bond acceptors (Lipinski definition) is 1. The number of halogens is 2. The zero-order valence-corrected chi connectivity index (χ0v) is 13.3. The topological polar surface area (TPSA) is 26.0 Å². The summed E-state index contributed by atoms with van der Waals surface area (Å²) in [7, 11) is 0. The highest BCUT2D eigenvalue weighted by Crippen LogP contribution is 2.62. The zero-order chi connectivity index (χ0) is 13.0. The van der Waals surface area contributed by atoms with E-state index in [1.54, 1.807) is 0 Å². The lowest BCUT2D eigenvalue weighted by atomic mass is 9.44. The molecule has 0 unspecified atom stereocenters. The molecule has 110 valence electrons. The molecule has 1 aromatic carbocycles. The summed E-state index contributed by atoms with van der Waals surface area (Å²) in [6.07, 6.45) is 7.13. The van der Waals surface area contributed by atoms with Gasteiger partial charge in [-0.05, 0) is 73.5 Å². The van der Waals surface area contributed by atoms with Crippen molar-refractivity contribution in [3.8, 4) is 0 Å². The van der Waals surface area contributed by atoms with Crippen molar-refractivity contribution in [2.24, 2.45) is 29.4 Å². The van der Waals surface area contributed by atoms with E-state index in [9.17, 15) is 0 Å². The van der Waals surface area contributed by atoms with Gasteiger partial charge in [0.1, 0.15) is 0 Å². The molecule has 4 saturated carbocycles. The second-order valence-corrected chi connectivity index (χ2v) is 7.49. The van der Waals surface area contributed by atoms with Crippen LogP contribution in [0.25, 0.3) is 0 Å². The van der Waals surface area contributed by atoms with Crippen molar-refractivity contribution in [3.63, 3.8) is 0 Å². The molecule has 4 fully saturated rings.